The SMILES string of the molecule is N#C/C(=C/c1csc(-c2ccc(F)cc2)n1)c1ccccn1. The number of benzene rings is 1. The number of thiazole rings is 1. The lowest BCUT2D eigenvalue weighted by molar-refractivity contribution is 0.628. The van der Waals surface area contributed by atoms with E-state index in [1.807, 2.05) is 11.4 Å². The fourth-order valence-electron chi connectivity index (χ4n) is 1.91. The molecule has 0 saturated carbocycles. The Morgan fingerprint density at radius 1 is 1.18 bits per heavy atom. The van der Waals surface area contributed by atoms with Crippen LogP contribution in [0.2, 0.25) is 0 Å². The molecule has 0 aliphatic carbocycles. The molecule has 0 saturated heterocycles. The lowest BCUT2D eigenvalue weighted by Gasteiger charge is -1.96. The van der Waals surface area contributed by atoms with Gasteiger partial charge in [-0.1, -0.05) is 6.07 Å². The van der Waals surface area contributed by atoms with Crippen LogP contribution in [0.25, 0.3) is 22.2 Å². The maximum absolute atomic E-state index is 12.9. The maximum Gasteiger partial charge on any atom is 0.124 e. The number of aromatic nitrogens is 2. The number of halogens is 1. The maximum atomic E-state index is 12.9. The van der Waals surface area contributed by atoms with Crippen molar-refractivity contribution in [2.75, 3.05) is 0 Å². The van der Waals surface area contributed by atoms with Crippen molar-refractivity contribution in [3.63, 3.8) is 0 Å². The van der Waals surface area contributed by atoms with E-state index in [0.717, 1.165) is 10.6 Å². The van der Waals surface area contributed by atoms with Gasteiger partial charge in [0.05, 0.1) is 17.0 Å². The molecule has 2 heterocycles. The van der Waals surface area contributed by atoms with Crippen molar-refractivity contribution in [2.45, 2.75) is 0 Å². The first-order chi connectivity index (χ1) is 10.8. The molecular weight excluding hydrogens is 297 g/mol. The van der Waals surface area contributed by atoms with Crippen LogP contribution in [-0.4, -0.2) is 9.97 Å². The fraction of sp³-hybridized carbons (Fsp3) is 0. The average Bonchev–Trinajstić information content (AvgIpc) is 3.03. The second-order valence-corrected chi connectivity index (χ2v) is 5.33. The average molecular weight is 307 g/mol. The van der Waals surface area contributed by atoms with Gasteiger partial charge in [-0.2, -0.15) is 5.26 Å². The Morgan fingerprint density at radius 3 is 2.68 bits per heavy atom. The van der Waals surface area contributed by atoms with Gasteiger partial charge in [-0.15, -0.1) is 11.3 Å². The third-order valence-electron chi connectivity index (χ3n) is 2.97. The summed E-state index contributed by atoms with van der Waals surface area (Å²) in [6, 6.07) is 13.7. The smallest absolute Gasteiger partial charge is 0.124 e. The molecular formula is C17H10FN3S. The van der Waals surface area contributed by atoms with E-state index in [1.165, 1.54) is 23.5 Å². The summed E-state index contributed by atoms with van der Waals surface area (Å²) >= 11 is 1.45. The standard InChI is InChI=1S/C17H10FN3S/c18-14-6-4-12(5-7-14)17-21-15(11-22-17)9-13(10-19)16-3-1-2-8-20-16/h1-9,11H/b13-9-. The summed E-state index contributed by atoms with van der Waals surface area (Å²) in [5.41, 5.74) is 2.60. The third-order valence-corrected chi connectivity index (χ3v) is 3.88. The van der Waals surface area contributed by atoms with Gasteiger partial charge < -0.3 is 0 Å². The quantitative estimate of drug-likeness (QED) is 0.673. The van der Waals surface area contributed by atoms with Crippen molar-refractivity contribution in [2.24, 2.45) is 0 Å². The molecule has 0 aliphatic rings. The van der Waals surface area contributed by atoms with Crippen molar-refractivity contribution in [3.05, 3.63) is 71.2 Å². The first-order valence-corrected chi connectivity index (χ1v) is 7.39. The largest absolute Gasteiger partial charge is 0.256 e. The Morgan fingerprint density at radius 2 is 2.00 bits per heavy atom. The number of nitrogens with zero attached hydrogens (tertiary/aromatic N) is 3. The molecule has 3 rings (SSSR count). The zero-order chi connectivity index (χ0) is 15.4. The summed E-state index contributed by atoms with van der Waals surface area (Å²) in [6.07, 6.45) is 3.34. The van der Waals surface area contributed by atoms with Gasteiger partial charge in [0.1, 0.15) is 16.9 Å². The van der Waals surface area contributed by atoms with Crippen molar-refractivity contribution in [1.82, 2.24) is 9.97 Å². The van der Waals surface area contributed by atoms with Crippen LogP contribution in [0.15, 0.2) is 54.0 Å². The molecule has 5 heteroatoms. The van der Waals surface area contributed by atoms with Crippen molar-refractivity contribution in [3.8, 4) is 16.6 Å². The van der Waals surface area contributed by atoms with Crippen LogP contribution >= 0.6 is 11.3 Å². The summed E-state index contributed by atoms with van der Waals surface area (Å²) in [5.74, 6) is -0.276. The number of hydrogen-bond acceptors (Lipinski definition) is 4. The molecule has 0 bridgehead atoms. The molecule has 3 aromatic rings. The Bertz CT molecular complexity index is 846. The predicted octanol–water partition coefficient (Wildman–Crippen LogP) is 4.41. The molecule has 0 unspecified atom stereocenters. The predicted molar refractivity (Wildman–Crippen MR) is 85.2 cm³/mol. The molecule has 2 aromatic heterocycles. The number of pyridine rings is 1. The molecule has 0 spiro atoms. The van der Waals surface area contributed by atoms with E-state index in [9.17, 15) is 9.65 Å². The summed E-state index contributed by atoms with van der Waals surface area (Å²) in [4.78, 5) is 8.63. The van der Waals surface area contributed by atoms with E-state index in [4.69, 9.17) is 0 Å². The molecule has 0 aliphatic heterocycles. The molecule has 0 atom stereocenters. The molecule has 1 aromatic carbocycles. The highest BCUT2D eigenvalue weighted by Crippen LogP contribution is 2.25. The first-order valence-electron chi connectivity index (χ1n) is 6.51. The van der Waals surface area contributed by atoms with Gasteiger partial charge in [0.25, 0.3) is 0 Å². The summed E-state index contributed by atoms with van der Waals surface area (Å²) < 4.78 is 12.9. The van der Waals surface area contributed by atoms with E-state index in [1.54, 1.807) is 36.5 Å². The van der Waals surface area contributed by atoms with Gasteiger partial charge in [0, 0.05) is 17.1 Å². The molecule has 106 valence electrons. The zero-order valence-electron chi connectivity index (χ0n) is 11.4. The van der Waals surface area contributed by atoms with Crippen LogP contribution < -0.4 is 0 Å². The fourth-order valence-corrected chi connectivity index (χ4v) is 2.69. The van der Waals surface area contributed by atoms with Gasteiger partial charge in [-0.25, -0.2) is 9.37 Å². The van der Waals surface area contributed by atoms with Gasteiger partial charge >= 0.3 is 0 Å². The third kappa shape index (κ3) is 3.08. The zero-order valence-corrected chi connectivity index (χ0v) is 12.2. The van der Waals surface area contributed by atoms with Crippen LogP contribution in [-0.2, 0) is 0 Å². The summed E-state index contributed by atoms with van der Waals surface area (Å²) in [7, 11) is 0. The molecule has 3 nitrogen and oxygen atoms in total. The van der Waals surface area contributed by atoms with Crippen molar-refractivity contribution in [1.29, 1.82) is 5.26 Å². The van der Waals surface area contributed by atoms with Gasteiger partial charge in [-0.3, -0.25) is 4.98 Å². The van der Waals surface area contributed by atoms with E-state index < -0.39 is 0 Å². The van der Waals surface area contributed by atoms with Gasteiger partial charge in [0.15, 0.2) is 0 Å². The van der Waals surface area contributed by atoms with E-state index in [0.29, 0.717) is 17.0 Å². The normalized spacial score (nSPS) is 11.2. The van der Waals surface area contributed by atoms with Gasteiger partial charge in [0.2, 0.25) is 0 Å². The minimum Gasteiger partial charge on any atom is -0.256 e. The molecule has 22 heavy (non-hydrogen) atoms. The molecule has 0 radical (unpaired) electrons. The van der Waals surface area contributed by atoms with Crippen LogP contribution in [0.5, 0.6) is 0 Å². The van der Waals surface area contributed by atoms with E-state index in [-0.39, 0.29) is 5.82 Å². The second-order valence-electron chi connectivity index (χ2n) is 4.47. The lowest BCUT2D eigenvalue weighted by Crippen LogP contribution is -1.86. The minimum absolute atomic E-state index is 0.276. The highest BCUT2D eigenvalue weighted by Gasteiger charge is 2.06. The Labute approximate surface area is 131 Å². The monoisotopic (exact) mass is 307 g/mol. The van der Waals surface area contributed by atoms with Crippen LogP contribution in [0, 0.1) is 17.1 Å². The van der Waals surface area contributed by atoms with Crippen molar-refractivity contribution >= 4 is 23.0 Å². The summed E-state index contributed by atoms with van der Waals surface area (Å²) in [6.45, 7) is 0. The second kappa shape index (κ2) is 6.29. The Balaban J connectivity index is 1.92. The highest BCUT2D eigenvalue weighted by atomic mass is 32.1. The van der Waals surface area contributed by atoms with E-state index >= 15 is 0 Å². The minimum atomic E-state index is -0.276. The van der Waals surface area contributed by atoms with Crippen LogP contribution in [0.1, 0.15) is 11.4 Å². The summed E-state index contributed by atoms with van der Waals surface area (Å²) in [5, 5.41) is 11.9. The highest BCUT2D eigenvalue weighted by molar-refractivity contribution is 7.13. The Hall–Kier alpha value is -2.84. The number of rotatable bonds is 3. The number of hydrogen-bond donors (Lipinski definition) is 0. The first kappa shape index (κ1) is 14.1. The lowest BCUT2D eigenvalue weighted by atomic mass is 10.1. The molecule has 0 fully saturated rings. The number of nitriles is 1. The Kier molecular flexibility index (Phi) is 4.03. The number of allylic oxidation sites excluding steroid dienone is 1. The molecule has 0 N–H and O–H groups in total. The van der Waals surface area contributed by atoms with Gasteiger partial charge in [-0.05, 0) is 42.5 Å². The molecule has 0 amide bonds. The van der Waals surface area contributed by atoms with Crippen molar-refractivity contribution < 1.29 is 4.39 Å². The van der Waals surface area contributed by atoms with Crippen LogP contribution in [0.4, 0.5) is 4.39 Å². The topological polar surface area (TPSA) is 49.6 Å². The van der Waals surface area contributed by atoms with E-state index in [2.05, 4.69) is 16.0 Å². The van der Waals surface area contributed by atoms with Crippen LogP contribution in [0.3, 0.4) is 0 Å².